The quantitative estimate of drug-likeness (QED) is 0.381. The van der Waals surface area contributed by atoms with Gasteiger partial charge in [-0.3, -0.25) is 0 Å². The van der Waals surface area contributed by atoms with Crippen molar-refractivity contribution in [2.45, 2.75) is 20.8 Å². The minimum Gasteiger partial charge on any atom is -0.334 e. The van der Waals surface area contributed by atoms with Gasteiger partial charge in [-0.2, -0.15) is 0 Å². The molecule has 0 saturated carbocycles. The second kappa shape index (κ2) is 8.23. The lowest BCUT2D eigenvalue weighted by Crippen LogP contribution is -2.35. The molecular formula is C27H26OP+. The first kappa shape index (κ1) is 19.4. The van der Waals surface area contributed by atoms with Crippen molar-refractivity contribution in [3.8, 4) is 5.75 Å². The maximum atomic E-state index is 7.19. The summed E-state index contributed by atoms with van der Waals surface area (Å²) in [7, 11) is -2.34. The van der Waals surface area contributed by atoms with E-state index in [1.807, 2.05) is 0 Å². The molecule has 0 aliphatic rings. The monoisotopic (exact) mass is 397 g/mol. The molecule has 0 fully saturated rings. The van der Waals surface area contributed by atoms with Crippen LogP contribution >= 0.6 is 7.49 Å². The first-order valence-corrected chi connectivity index (χ1v) is 11.7. The average Bonchev–Trinajstić information content (AvgIpc) is 2.75. The third kappa shape index (κ3) is 3.71. The molecule has 144 valence electrons. The van der Waals surface area contributed by atoms with Crippen molar-refractivity contribution in [3.05, 3.63) is 120 Å². The van der Waals surface area contributed by atoms with Crippen molar-refractivity contribution in [1.82, 2.24) is 0 Å². The third-order valence-corrected chi connectivity index (χ3v) is 8.72. The summed E-state index contributed by atoms with van der Waals surface area (Å²) in [6.07, 6.45) is 0. The van der Waals surface area contributed by atoms with Crippen LogP contribution in [0.4, 0.5) is 0 Å². The van der Waals surface area contributed by atoms with Crippen molar-refractivity contribution in [2.75, 3.05) is 0 Å². The lowest BCUT2D eigenvalue weighted by atomic mass is 10.1. The second-order valence-corrected chi connectivity index (χ2v) is 10.4. The van der Waals surface area contributed by atoms with E-state index in [4.69, 9.17) is 4.52 Å². The SMILES string of the molecule is Cc1cc(C)c(O[P+](c2ccccc2)(c2ccccc2)c2ccccc2)c(C)c1. The zero-order valence-corrected chi connectivity index (χ0v) is 18.1. The molecule has 0 saturated heterocycles. The minimum atomic E-state index is -2.34. The Bertz CT molecular complexity index is 970. The lowest BCUT2D eigenvalue weighted by molar-refractivity contribution is 0.608. The Morgan fingerprint density at radius 1 is 0.517 bits per heavy atom. The van der Waals surface area contributed by atoms with Crippen molar-refractivity contribution in [2.24, 2.45) is 0 Å². The minimum absolute atomic E-state index is 0.987. The van der Waals surface area contributed by atoms with Gasteiger partial charge in [0, 0.05) is 0 Å². The van der Waals surface area contributed by atoms with Gasteiger partial charge in [0.1, 0.15) is 15.9 Å². The van der Waals surface area contributed by atoms with E-state index >= 15 is 0 Å². The number of hydrogen-bond acceptors (Lipinski definition) is 1. The molecule has 0 heterocycles. The maximum Gasteiger partial charge on any atom is 0.287 e. The molecule has 0 aromatic heterocycles. The highest BCUT2D eigenvalue weighted by Gasteiger charge is 2.49. The van der Waals surface area contributed by atoms with Crippen molar-refractivity contribution >= 4 is 23.4 Å². The summed E-state index contributed by atoms with van der Waals surface area (Å²) in [5.74, 6) is 0.987. The topological polar surface area (TPSA) is 9.23 Å². The van der Waals surface area contributed by atoms with Gasteiger partial charge < -0.3 is 4.52 Å². The largest absolute Gasteiger partial charge is 0.334 e. The van der Waals surface area contributed by atoms with Crippen LogP contribution in [0.3, 0.4) is 0 Å². The van der Waals surface area contributed by atoms with Gasteiger partial charge in [-0.1, -0.05) is 72.3 Å². The molecule has 4 rings (SSSR count). The summed E-state index contributed by atoms with van der Waals surface area (Å²) >= 11 is 0. The van der Waals surface area contributed by atoms with E-state index in [0.717, 1.165) is 5.75 Å². The molecule has 0 atom stereocenters. The normalized spacial score (nSPS) is 11.3. The fourth-order valence-electron chi connectivity index (χ4n) is 3.97. The van der Waals surface area contributed by atoms with Gasteiger partial charge in [0.15, 0.2) is 5.75 Å². The van der Waals surface area contributed by atoms with Gasteiger partial charge in [-0.15, -0.1) is 0 Å². The Morgan fingerprint density at radius 3 is 1.21 bits per heavy atom. The standard InChI is InChI=1S/C27H26OP/c1-21-19-22(2)27(23(3)20-21)28-29(24-13-7-4-8-14-24,25-15-9-5-10-16-25)26-17-11-6-12-18-26/h4-20H,1-3H3/q+1. The molecule has 29 heavy (non-hydrogen) atoms. The van der Waals surface area contributed by atoms with Crippen molar-refractivity contribution < 1.29 is 4.52 Å². The molecule has 1 nitrogen and oxygen atoms in total. The molecular weight excluding hydrogens is 371 g/mol. The summed E-state index contributed by atoms with van der Waals surface area (Å²) in [6, 6.07) is 36.4. The third-order valence-electron chi connectivity index (χ3n) is 5.19. The van der Waals surface area contributed by atoms with Gasteiger partial charge in [0.2, 0.25) is 0 Å². The van der Waals surface area contributed by atoms with Crippen LogP contribution in [0.15, 0.2) is 103 Å². The van der Waals surface area contributed by atoms with Crippen LogP contribution < -0.4 is 20.4 Å². The van der Waals surface area contributed by atoms with E-state index in [1.54, 1.807) is 0 Å². The summed E-state index contributed by atoms with van der Waals surface area (Å²) in [6.45, 7) is 6.42. The van der Waals surface area contributed by atoms with Crippen LogP contribution in [0.5, 0.6) is 5.75 Å². The summed E-state index contributed by atoms with van der Waals surface area (Å²) in [4.78, 5) is 0. The molecule has 0 bridgehead atoms. The highest BCUT2D eigenvalue weighted by atomic mass is 31.2. The first-order valence-electron chi connectivity index (χ1n) is 9.94. The van der Waals surface area contributed by atoms with Crippen LogP contribution in [0.2, 0.25) is 0 Å². The Labute approximate surface area is 174 Å². The molecule has 0 amide bonds. The van der Waals surface area contributed by atoms with Crippen LogP contribution in [0.25, 0.3) is 0 Å². The Kier molecular flexibility index (Phi) is 5.51. The van der Waals surface area contributed by atoms with E-state index in [2.05, 4.69) is 124 Å². The van der Waals surface area contributed by atoms with E-state index in [0.29, 0.717) is 0 Å². The molecule has 4 aromatic carbocycles. The Balaban J connectivity index is 2.04. The van der Waals surface area contributed by atoms with Crippen molar-refractivity contribution in [3.63, 3.8) is 0 Å². The summed E-state index contributed by atoms with van der Waals surface area (Å²) < 4.78 is 7.19. The molecule has 0 radical (unpaired) electrons. The van der Waals surface area contributed by atoms with E-state index in [9.17, 15) is 0 Å². The fraction of sp³-hybridized carbons (Fsp3) is 0.111. The summed E-state index contributed by atoms with van der Waals surface area (Å²) in [5, 5.41) is 3.66. The van der Waals surface area contributed by atoms with Gasteiger partial charge in [0.25, 0.3) is 7.49 Å². The average molecular weight is 397 g/mol. The zero-order valence-electron chi connectivity index (χ0n) is 17.2. The van der Waals surface area contributed by atoms with Gasteiger partial charge in [-0.25, -0.2) is 0 Å². The predicted octanol–water partition coefficient (Wildman–Crippen LogP) is 5.90. The van der Waals surface area contributed by atoms with Crippen LogP contribution in [-0.4, -0.2) is 0 Å². The Hall–Kier alpha value is -2.89. The molecule has 0 spiro atoms. The van der Waals surface area contributed by atoms with Crippen LogP contribution in [0.1, 0.15) is 16.7 Å². The highest BCUT2D eigenvalue weighted by Crippen LogP contribution is 2.57. The van der Waals surface area contributed by atoms with E-state index in [-0.39, 0.29) is 0 Å². The molecule has 0 N–H and O–H groups in total. The zero-order chi connectivity index (χ0) is 20.3. The smallest absolute Gasteiger partial charge is 0.287 e. The number of benzene rings is 4. The van der Waals surface area contributed by atoms with E-state index in [1.165, 1.54) is 32.6 Å². The predicted molar refractivity (Wildman–Crippen MR) is 126 cm³/mol. The number of rotatable bonds is 5. The first-order chi connectivity index (χ1) is 14.1. The second-order valence-electron chi connectivity index (χ2n) is 7.44. The lowest BCUT2D eigenvalue weighted by Gasteiger charge is -2.27. The van der Waals surface area contributed by atoms with Crippen molar-refractivity contribution in [1.29, 1.82) is 0 Å². The molecule has 0 aliphatic carbocycles. The summed E-state index contributed by atoms with van der Waals surface area (Å²) in [5.41, 5.74) is 3.61. The maximum absolute atomic E-state index is 7.19. The highest BCUT2D eigenvalue weighted by molar-refractivity contribution is 7.92. The molecule has 0 unspecified atom stereocenters. The van der Waals surface area contributed by atoms with Crippen LogP contribution in [-0.2, 0) is 0 Å². The van der Waals surface area contributed by atoms with Gasteiger partial charge in [-0.05, 0) is 68.3 Å². The Morgan fingerprint density at radius 2 is 0.862 bits per heavy atom. The van der Waals surface area contributed by atoms with E-state index < -0.39 is 7.49 Å². The molecule has 2 heteroatoms. The fourth-order valence-corrected chi connectivity index (χ4v) is 7.52. The molecule has 4 aromatic rings. The van der Waals surface area contributed by atoms with Gasteiger partial charge >= 0.3 is 0 Å². The number of aryl methyl sites for hydroxylation is 3. The van der Waals surface area contributed by atoms with Gasteiger partial charge in [0.05, 0.1) is 0 Å². The van der Waals surface area contributed by atoms with Crippen LogP contribution in [0, 0.1) is 20.8 Å². The number of hydrogen-bond donors (Lipinski definition) is 0. The molecule has 0 aliphatic heterocycles.